The average molecular weight is 397 g/mol. The molecule has 2 aliphatic heterocycles. The summed E-state index contributed by atoms with van der Waals surface area (Å²) in [5.74, 6) is -1.91. The van der Waals surface area contributed by atoms with Crippen molar-refractivity contribution in [3.63, 3.8) is 0 Å². The van der Waals surface area contributed by atoms with Crippen LogP contribution in [0.5, 0.6) is 0 Å². The Morgan fingerprint density at radius 3 is 2.52 bits per heavy atom. The molecule has 7 nitrogen and oxygen atoms in total. The molecule has 0 radical (unpaired) electrons. The summed E-state index contributed by atoms with van der Waals surface area (Å²) in [6.07, 6.45) is 1.83. The zero-order valence-corrected chi connectivity index (χ0v) is 16.5. The second-order valence-corrected chi connectivity index (χ2v) is 7.56. The van der Waals surface area contributed by atoms with Crippen LogP contribution in [0.25, 0.3) is 0 Å². The third-order valence-electron chi connectivity index (χ3n) is 6.04. The van der Waals surface area contributed by atoms with Gasteiger partial charge in [0.1, 0.15) is 11.8 Å². The molecule has 2 aliphatic rings. The quantitative estimate of drug-likeness (QED) is 0.581. The Morgan fingerprint density at radius 1 is 1.14 bits per heavy atom. The Morgan fingerprint density at radius 2 is 1.90 bits per heavy atom. The number of carbonyl (C=O) groups excluding carboxylic acids is 3. The number of ether oxygens (including phenoxy) is 1. The lowest BCUT2D eigenvalue weighted by atomic mass is 9.76. The zero-order chi connectivity index (χ0) is 20.6. The molecule has 2 aromatic rings. The van der Waals surface area contributed by atoms with E-state index in [2.05, 4.69) is 0 Å². The summed E-state index contributed by atoms with van der Waals surface area (Å²) in [6.45, 7) is 3.99. The fourth-order valence-corrected chi connectivity index (χ4v) is 4.87. The summed E-state index contributed by atoms with van der Waals surface area (Å²) >= 11 is 0. The molecule has 0 bridgehead atoms. The molecule has 29 heavy (non-hydrogen) atoms. The number of amides is 2. The second-order valence-electron chi connectivity index (χ2n) is 7.56. The van der Waals surface area contributed by atoms with Gasteiger partial charge in [-0.3, -0.25) is 14.5 Å². The normalized spacial score (nSPS) is 28.6. The molecule has 1 aromatic heterocycles. The van der Waals surface area contributed by atoms with Gasteiger partial charge in [0, 0.05) is 13.0 Å². The van der Waals surface area contributed by atoms with Crippen molar-refractivity contribution in [3.05, 3.63) is 60.1 Å². The maximum absolute atomic E-state index is 13.3. The van der Waals surface area contributed by atoms with E-state index in [0.29, 0.717) is 12.2 Å². The van der Waals surface area contributed by atoms with Crippen LogP contribution >= 0.6 is 0 Å². The predicted octanol–water partition coefficient (Wildman–Crippen LogP) is 1.06. The van der Waals surface area contributed by atoms with Crippen molar-refractivity contribution in [3.8, 4) is 0 Å². The number of fused-ring (bicyclic) bond motifs is 1. The maximum atomic E-state index is 13.3. The highest BCUT2D eigenvalue weighted by atomic mass is 16.5. The first-order valence-electron chi connectivity index (χ1n) is 9.99. The number of furan rings is 1. The topological polar surface area (TPSA) is 93.4 Å². The number of nitrogens with zero attached hydrogens (tertiary/aromatic N) is 1. The molecule has 2 N–H and O–H groups in total. The van der Waals surface area contributed by atoms with Gasteiger partial charge in [-0.05, 0) is 31.5 Å². The number of quaternary nitrogens is 1. The minimum atomic E-state index is -1.23. The number of nitrogens with two attached hydrogens (primary N) is 1. The van der Waals surface area contributed by atoms with Crippen LogP contribution in [-0.2, 0) is 25.5 Å². The van der Waals surface area contributed by atoms with Gasteiger partial charge in [0.25, 0.3) is 0 Å². The Bertz CT molecular complexity index is 911. The average Bonchev–Trinajstić information content (AvgIpc) is 3.41. The molecule has 0 unspecified atom stereocenters. The number of hydrogen-bond acceptors (Lipinski definition) is 5. The van der Waals surface area contributed by atoms with Crippen LogP contribution < -0.4 is 5.32 Å². The van der Waals surface area contributed by atoms with Gasteiger partial charge >= 0.3 is 5.97 Å². The van der Waals surface area contributed by atoms with E-state index in [9.17, 15) is 14.4 Å². The molecule has 152 valence electrons. The van der Waals surface area contributed by atoms with Gasteiger partial charge in [-0.2, -0.15) is 0 Å². The van der Waals surface area contributed by atoms with Crippen molar-refractivity contribution in [1.82, 2.24) is 4.90 Å². The molecule has 3 heterocycles. The summed E-state index contributed by atoms with van der Waals surface area (Å²) in [5, 5.41) is 1.83. The highest BCUT2D eigenvalue weighted by Crippen LogP contribution is 2.45. The van der Waals surface area contributed by atoms with Crippen LogP contribution in [0, 0.1) is 11.8 Å². The van der Waals surface area contributed by atoms with E-state index in [4.69, 9.17) is 9.15 Å². The fraction of sp³-hybridized carbons (Fsp3) is 0.409. The fourth-order valence-electron chi connectivity index (χ4n) is 4.87. The van der Waals surface area contributed by atoms with E-state index < -0.39 is 29.4 Å². The molecule has 0 saturated carbocycles. The minimum absolute atomic E-state index is 0.200. The van der Waals surface area contributed by atoms with E-state index in [1.807, 2.05) is 35.6 Å². The summed E-state index contributed by atoms with van der Waals surface area (Å²) in [6, 6.07) is 12.6. The Hall–Kier alpha value is -2.93. The molecule has 1 aromatic carbocycles. The van der Waals surface area contributed by atoms with Gasteiger partial charge in [0.2, 0.25) is 17.4 Å². The summed E-state index contributed by atoms with van der Waals surface area (Å²) < 4.78 is 11.0. The number of hydrogen-bond donors (Lipinski definition) is 1. The molecular formula is C22H25N2O5+. The molecule has 7 heteroatoms. The number of rotatable bonds is 6. The first-order valence-corrected chi connectivity index (χ1v) is 9.99. The summed E-state index contributed by atoms with van der Waals surface area (Å²) in [7, 11) is 0. The molecule has 2 fully saturated rings. The van der Waals surface area contributed by atoms with Crippen molar-refractivity contribution in [2.24, 2.45) is 11.8 Å². The van der Waals surface area contributed by atoms with E-state index in [1.165, 1.54) is 4.90 Å². The van der Waals surface area contributed by atoms with Gasteiger partial charge in [0.05, 0.1) is 12.9 Å². The number of benzene rings is 1. The van der Waals surface area contributed by atoms with E-state index in [1.54, 1.807) is 32.2 Å². The van der Waals surface area contributed by atoms with Crippen LogP contribution in [0.2, 0.25) is 0 Å². The standard InChI is InChI=1S/C22H24N2O5/c1-3-24-19(25)16-17(20(24)26)22(21(27)28-4-2,13-14-9-6-5-7-10-14)23-18(16)15-11-8-12-29-15/h5-12,16-18,23H,3-4,13H2,1-2H3/p+1/t16-,17-,18+,22+/m0/s1. The number of esters is 1. The Kier molecular flexibility index (Phi) is 5.00. The first kappa shape index (κ1) is 19.4. The largest absolute Gasteiger partial charge is 0.463 e. The van der Waals surface area contributed by atoms with E-state index >= 15 is 0 Å². The maximum Gasteiger partial charge on any atom is 0.369 e. The molecular weight excluding hydrogens is 372 g/mol. The van der Waals surface area contributed by atoms with Crippen LogP contribution in [0.15, 0.2) is 53.1 Å². The van der Waals surface area contributed by atoms with E-state index in [-0.39, 0.29) is 25.0 Å². The molecule has 4 atom stereocenters. The molecule has 2 saturated heterocycles. The van der Waals surface area contributed by atoms with Crippen molar-refractivity contribution < 1.29 is 28.9 Å². The highest BCUT2D eigenvalue weighted by molar-refractivity contribution is 6.08. The zero-order valence-electron chi connectivity index (χ0n) is 16.5. The smallest absolute Gasteiger partial charge is 0.369 e. The third-order valence-corrected chi connectivity index (χ3v) is 6.04. The van der Waals surface area contributed by atoms with Gasteiger partial charge < -0.3 is 14.5 Å². The van der Waals surface area contributed by atoms with Crippen LogP contribution in [0.4, 0.5) is 0 Å². The lowest BCUT2D eigenvalue weighted by Gasteiger charge is -2.29. The van der Waals surface area contributed by atoms with Crippen LogP contribution in [0.3, 0.4) is 0 Å². The monoisotopic (exact) mass is 397 g/mol. The molecule has 4 rings (SSSR count). The van der Waals surface area contributed by atoms with Crippen molar-refractivity contribution in [2.45, 2.75) is 31.8 Å². The molecule has 2 amide bonds. The van der Waals surface area contributed by atoms with Crippen LogP contribution in [-0.4, -0.2) is 41.4 Å². The van der Waals surface area contributed by atoms with Crippen LogP contribution in [0.1, 0.15) is 31.2 Å². The number of likely N-dealkylation sites (tertiary alicyclic amines) is 1. The lowest BCUT2D eigenvalue weighted by molar-refractivity contribution is -0.735. The highest BCUT2D eigenvalue weighted by Gasteiger charge is 2.72. The number of imide groups is 1. The first-order chi connectivity index (χ1) is 14.0. The summed E-state index contributed by atoms with van der Waals surface area (Å²) in [5.41, 5.74) is -0.318. The van der Waals surface area contributed by atoms with Gasteiger partial charge in [-0.15, -0.1) is 0 Å². The summed E-state index contributed by atoms with van der Waals surface area (Å²) in [4.78, 5) is 41.0. The molecule has 0 aliphatic carbocycles. The number of carbonyl (C=O) groups is 3. The minimum Gasteiger partial charge on any atom is -0.463 e. The van der Waals surface area contributed by atoms with Gasteiger partial charge in [0.15, 0.2) is 11.8 Å². The van der Waals surface area contributed by atoms with E-state index in [0.717, 1.165) is 5.56 Å². The van der Waals surface area contributed by atoms with Gasteiger partial charge in [-0.1, -0.05) is 30.3 Å². The Balaban J connectivity index is 1.85. The van der Waals surface area contributed by atoms with Crippen molar-refractivity contribution >= 4 is 17.8 Å². The van der Waals surface area contributed by atoms with Gasteiger partial charge in [-0.25, -0.2) is 4.79 Å². The second kappa shape index (κ2) is 7.48. The third kappa shape index (κ3) is 2.97. The Labute approximate surface area is 169 Å². The lowest BCUT2D eigenvalue weighted by Crippen LogP contribution is -2.98. The van der Waals surface area contributed by atoms with Crippen molar-refractivity contribution in [1.29, 1.82) is 0 Å². The molecule has 0 spiro atoms. The van der Waals surface area contributed by atoms with Crippen molar-refractivity contribution in [2.75, 3.05) is 13.2 Å². The predicted molar refractivity (Wildman–Crippen MR) is 102 cm³/mol. The SMILES string of the molecule is CCOC(=O)[C@]1(Cc2ccccc2)[NH2+][C@H](c2ccco2)[C@H]2C(=O)N(CC)C(=O)[C@H]21.